The van der Waals surface area contributed by atoms with Gasteiger partial charge in [0.05, 0.1) is 6.04 Å². The first kappa shape index (κ1) is 14.6. The lowest BCUT2D eigenvalue weighted by molar-refractivity contribution is -0.139. The van der Waals surface area contributed by atoms with E-state index >= 15 is 0 Å². The maximum absolute atomic E-state index is 11.6. The van der Waals surface area contributed by atoms with Crippen LogP contribution in [0.15, 0.2) is 18.3 Å². The molecule has 0 unspecified atom stereocenters. The van der Waals surface area contributed by atoms with Crippen LogP contribution in [0.25, 0.3) is 0 Å². The molecule has 6 heteroatoms. The third-order valence-electron chi connectivity index (χ3n) is 3.80. The highest BCUT2D eigenvalue weighted by molar-refractivity contribution is 6.35. The highest BCUT2D eigenvalue weighted by Crippen LogP contribution is 2.24. The average molecular weight is 278 g/mol. The Bertz CT molecular complexity index is 477. The molecule has 1 aromatic rings. The first-order valence-electron chi connectivity index (χ1n) is 6.98. The predicted molar refractivity (Wildman–Crippen MR) is 76.0 cm³/mol. The number of rotatable bonds is 4. The van der Waals surface area contributed by atoms with Crippen molar-refractivity contribution in [2.75, 3.05) is 26.7 Å². The zero-order valence-electron chi connectivity index (χ0n) is 12.1. The molecule has 0 aromatic carbocycles. The quantitative estimate of drug-likeness (QED) is 0.763. The molecule has 110 valence electrons. The lowest BCUT2D eigenvalue weighted by atomic mass is 10.1. The van der Waals surface area contributed by atoms with Crippen molar-refractivity contribution < 1.29 is 9.59 Å². The number of aryl methyl sites for hydroxylation is 1. The molecule has 20 heavy (non-hydrogen) atoms. The summed E-state index contributed by atoms with van der Waals surface area (Å²) >= 11 is 0. The molecule has 2 N–H and O–H groups in total. The summed E-state index contributed by atoms with van der Waals surface area (Å²) in [6, 6.07) is 4.18. The Hall–Kier alpha value is -1.82. The van der Waals surface area contributed by atoms with Crippen molar-refractivity contribution in [3.63, 3.8) is 0 Å². The topological polar surface area (TPSA) is 66.4 Å². The summed E-state index contributed by atoms with van der Waals surface area (Å²) in [5.41, 5.74) is 1.16. The van der Waals surface area contributed by atoms with E-state index in [0.29, 0.717) is 6.54 Å². The Morgan fingerprint density at radius 2 is 2.00 bits per heavy atom. The van der Waals surface area contributed by atoms with Gasteiger partial charge in [-0.25, -0.2) is 0 Å². The average Bonchev–Trinajstić information content (AvgIpc) is 3.10. The van der Waals surface area contributed by atoms with Gasteiger partial charge in [-0.15, -0.1) is 0 Å². The lowest BCUT2D eigenvalue weighted by Gasteiger charge is -2.28. The van der Waals surface area contributed by atoms with E-state index in [2.05, 4.69) is 26.2 Å². The van der Waals surface area contributed by atoms with E-state index in [4.69, 9.17) is 0 Å². The van der Waals surface area contributed by atoms with E-state index in [0.717, 1.165) is 18.8 Å². The Labute approximate surface area is 119 Å². The van der Waals surface area contributed by atoms with E-state index in [9.17, 15) is 9.59 Å². The van der Waals surface area contributed by atoms with Gasteiger partial charge in [0.2, 0.25) is 0 Å². The van der Waals surface area contributed by atoms with Crippen LogP contribution in [0.4, 0.5) is 0 Å². The maximum atomic E-state index is 11.6. The van der Waals surface area contributed by atoms with Crippen molar-refractivity contribution >= 4 is 11.8 Å². The summed E-state index contributed by atoms with van der Waals surface area (Å²) in [5.74, 6) is -1.18. The minimum absolute atomic E-state index is 0.117. The molecule has 2 amide bonds. The summed E-state index contributed by atoms with van der Waals surface area (Å²) in [6.45, 7) is 2.52. The number of carbonyl (C=O) groups is 2. The second kappa shape index (κ2) is 6.56. The molecule has 0 bridgehead atoms. The second-order valence-electron chi connectivity index (χ2n) is 5.09. The SMILES string of the molecule is CNC(=O)C(=O)NC[C@@H](c1cccn1C)N1CCCC1. The summed E-state index contributed by atoms with van der Waals surface area (Å²) in [5, 5.41) is 5.05. The normalized spacial score (nSPS) is 16.9. The monoisotopic (exact) mass is 278 g/mol. The molecule has 0 saturated carbocycles. The fraction of sp³-hybridized carbons (Fsp3) is 0.571. The molecule has 0 spiro atoms. The van der Waals surface area contributed by atoms with Crippen LogP contribution in [-0.4, -0.2) is 48.0 Å². The van der Waals surface area contributed by atoms with Crippen LogP contribution in [0, 0.1) is 0 Å². The van der Waals surface area contributed by atoms with Crippen LogP contribution in [-0.2, 0) is 16.6 Å². The van der Waals surface area contributed by atoms with E-state index in [1.807, 2.05) is 19.3 Å². The molecule has 1 aliphatic heterocycles. The van der Waals surface area contributed by atoms with Crippen LogP contribution in [0.1, 0.15) is 24.6 Å². The predicted octanol–water partition coefficient (Wildman–Crippen LogP) is 0.0242. The molecule has 1 saturated heterocycles. The van der Waals surface area contributed by atoms with Crippen molar-refractivity contribution in [3.8, 4) is 0 Å². The van der Waals surface area contributed by atoms with Crippen molar-refractivity contribution in [2.45, 2.75) is 18.9 Å². The van der Waals surface area contributed by atoms with E-state index in [-0.39, 0.29) is 6.04 Å². The first-order valence-corrected chi connectivity index (χ1v) is 6.98. The Morgan fingerprint density at radius 1 is 1.30 bits per heavy atom. The largest absolute Gasteiger partial charge is 0.353 e. The number of amides is 2. The van der Waals surface area contributed by atoms with Gasteiger partial charge in [0, 0.05) is 32.5 Å². The minimum atomic E-state index is -0.600. The Morgan fingerprint density at radius 3 is 2.55 bits per heavy atom. The Kier molecular flexibility index (Phi) is 4.79. The molecule has 1 fully saturated rings. The molecule has 2 rings (SSSR count). The van der Waals surface area contributed by atoms with Gasteiger partial charge in [0.1, 0.15) is 0 Å². The number of nitrogens with one attached hydrogen (secondary N) is 2. The van der Waals surface area contributed by atoms with Crippen LogP contribution >= 0.6 is 0 Å². The van der Waals surface area contributed by atoms with Gasteiger partial charge in [-0.1, -0.05) is 0 Å². The van der Waals surface area contributed by atoms with Gasteiger partial charge < -0.3 is 15.2 Å². The number of carbonyl (C=O) groups excluding carboxylic acids is 2. The van der Waals surface area contributed by atoms with Crippen molar-refractivity contribution in [2.24, 2.45) is 7.05 Å². The fourth-order valence-electron chi connectivity index (χ4n) is 2.68. The van der Waals surface area contributed by atoms with Crippen molar-refractivity contribution in [3.05, 3.63) is 24.0 Å². The van der Waals surface area contributed by atoms with E-state index in [1.54, 1.807) is 0 Å². The summed E-state index contributed by atoms with van der Waals surface area (Å²) in [4.78, 5) is 25.2. The van der Waals surface area contributed by atoms with Crippen LogP contribution in [0.3, 0.4) is 0 Å². The highest BCUT2D eigenvalue weighted by Gasteiger charge is 2.26. The van der Waals surface area contributed by atoms with Crippen molar-refractivity contribution in [1.82, 2.24) is 20.1 Å². The van der Waals surface area contributed by atoms with Crippen LogP contribution in [0.2, 0.25) is 0 Å². The summed E-state index contributed by atoms with van der Waals surface area (Å²) in [6.07, 6.45) is 4.37. The third-order valence-corrected chi connectivity index (χ3v) is 3.80. The van der Waals surface area contributed by atoms with Crippen LogP contribution < -0.4 is 10.6 Å². The standard InChI is InChI=1S/C14H22N4O2/c1-15-13(19)14(20)16-10-12(18-8-3-4-9-18)11-6-5-7-17(11)2/h5-7,12H,3-4,8-10H2,1-2H3,(H,15,19)(H,16,20)/t12-/m0/s1. The first-order chi connectivity index (χ1) is 9.63. The Balaban J connectivity index is 2.06. The van der Waals surface area contributed by atoms with E-state index < -0.39 is 11.8 Å². The second-order valence-corrected chi connectivity index (χ2v) is 5.09. The zero-order chi connectivity index (χ0) is 14.5. The summed E-state index contributed by atoms with van der Waals surface area (Å²) in [7, 11) is 3.45. The number of hydrogen-bond donors (Lipinski definition) is 2. The fourth-order valence-corrected chi connectivity index (χ4v) is 2.68. The third kappa shape index (κ3) is 3.19. The van der Waals surface area contributed by atoms with Gasteiger partial charge >= 0.3 is 11.8 Å². The molecule has 1 atom stereocenters. The van der Waals surface area contributed by atoms with Gasteiger partial charge in [-0.05, 0) is 38.1 Å². The van der Waals surface area contributed by atoms with Gasteiger partial charge in [0.25, 0.3) is 0 Å². The smallest absolute Gasteiger partial charge is 0.309 e. The molecule has 2 heterocycles. The summed E-state index contributed by atoms with van der Waals surface area (Å²) < 4.78 is 2.06. The van der Waals surface area contributed by atoms with Gasteiger partial charge in [0.15, 0.2) is 0 Å². The molecule has 0 aliphatic carbocycles. The molecule has 1 aliphatic rings. The van der Waals surface area contributed by atoms with E-state index in [1.165, 1.54) is 19.9 Å². The molecule has 6 nitrogen and oxygen atoms in total. The van der Waals surface area contributed by atoms with Crippen molar-refractivity contribution in [1.29, 1.82) is 0 Å². The molecular formula is C14H22N4O2. The number of aromatic nitrogens is 1. The number of nitrogens with zero attached hydrogens (tertiary/aromatic N) is 2. The number of likely N-dealkylation sites (tertiary alicyclic amines) is 1. The lowest BCUT2D eigenvalue weighted by Crippen LogP contribution is -2.43. The minimum Gasteiger partial charge on any atom is -0.353 e. The number of likely N-dealkylation sites (N-methyl/N-ethyl adjacent to an activating group) is 1. The maximum Gasteiger partial charge on any atom is 0.309 e. The van der Waals surface area contributed by atoms with Gasteiger partial charge in [-0.3, -0.25) is 14.5 Å². The molecular weight excluding hydrogens is 256 g/mol. The van der Waals surface area contributed by atoms with Gasteiger partial charge in [-0.2, -0.15) is 0 Å². The molecule has 1 aromatic heterocycles. The highest BCUT2D eigenvalue weighted by atomic mass is 16.2. The zero-order valence-corrected chi connectivity index (χ0v) is 12.1. The van der Waals surface area contributed by atoms with Crippen LogP contribution in [0.5, 0.6) is 0 Å². The number of hydrogen-bond acceptors (Lipinski definition) is 3. The molecule has 0 radical (unpaired) electrons.